The first-order valence-electron chi connectivity index (χ1n) is 5.97. The van der Waals surface area contributed by atoms with E-state index in [1.807, 2.05) is 30.3 Å². The van der Waals surface area contributed by atoms with Gasteiger partial charge in [0.15, 0.2) is 0 Å². The van der Waals surface area contributed by atoms with Crippen LogP contribution in [0.25, 0.3) is 0 Å². The van der Waals surface area contributed by atoms with Gasteiger partial charge in [0.2, 0.25) is 0 Å². The van der Waals surface area contributed by atoms with Crippen molar-refractivity contribution in [2.75, 3.05) is 12.4 Å². The predicted molar refractivity (Wildman–Crippen MR) is 73.3 cm³/mol. The van der Waals surface area contributed by atoms with E-state index >= 15 is 0 Å². The Kier molecular flexibility index (Phi) is 4.13. The van der Waals surface area contributed by atoms with Crippen LogP contribution in [0, 0.1) is 5.82 Å². The minimum atomic E-state index is -0.323. The number of carbonyl (C=O) groups is 1. The number of nitrogens with zero attached hydrogens (tertiary/aromatic N) is 1. The SMILES string of the molecule is CN(Cc1ccccc1)C(=O)Nc1ccc(F)cc1. The molecule has 0 fully saturated rings. The molecule has 0 heterocycles. The van der Waals surface area contributed by atoms with Crippen LogP contribution in [-0.4, -0.2) is 18.0 Å². The second kappa shape index (κ2) is 6.00. The third-order valence-electron chi connectivity index (χ3n) is 2.70. The van der Waals surface area contributed by atoms with Crippen LogP contribution in [0.4, 0.5) is 14.9 Å². The second-order valence-corrected chi connectivity index (χ2v) is 4.28. The minimum absolute atomic E-state index is 0.226. The molecular formula is C15H15FN2O. The largest absolute Gasteiger partial charge is 0.323 e. The van der Waals surface area contributed by atoms with E-state index in [-0.39, 0.29) is 11.8 Å². The first-order valence-corrected chi connectivity index (χ1v) is 5.97. The van der Waals surface area contributed by atoms with Gasteiger partial charge in [0.25, 0.3) is 0 Å². The van der Waals surface area contributed by atoms with Crippen molar-refractivity contribution >= 4 is 11.7 Å². The van der Waals surface area contributed by atoms with Gasteiger partial charge in [-0.3, -0.25) is 0 Å². The van der Waals surface area contributed by atoms with Crippen molar-refractivity contribution in [2.24, 2.45) is 0 Å². The average Bonchev–Trinajstić information content (AvgIpc) is 2.42. The standard InChI is InChI=1S/C15H15FN2O/c1-18(11-12-5-3-2-4-6-12)15(19)17-14-9-7-13(16)8-10-14/h2-10H,11H2,1H3,(H,17,19). The summed E-state index contributed by atoms with van der Waals surface area (Å²) in [6.45, 7) is 0.522. The molecule has 0 aliphatic carbocycles. The topological polar surface area (TPSA) is 32.3 Å². The summed E-state index contributed by atoms with van der Waals surface area (Å²) in [6, 6.07) is 15.2. The van der Waals surface area contributed by atoms with Crippen LogP contribution in [0.2, 0.25) is 0 Å². The zero-order valence-electron chi connectivity index (χ0n) is 10.6. The number of amides is 2. The first-order chi connectivity index (χ1) is 9.15. The zero-order chi connectivity index (χ0) is 13.7. The number of hydrogen-bond acceptors (Lipinski definition) is 1. The van der Waals surface area contributed by atoms with Crippen LogP contribution in [0.1, 0.15) is 5.56 Å². The Balaban J connectivity index is 1.94. The van der Waals surface area contributed by atoms with Crippen molar-refractivity contribution in [3.05, 3.63) is 66.0 Å². The minimum Gasteiger partial charge on any atom is -0.323 e. The van der Waals surface area contributed by atoms with Gasteiger partial charge in [0.05, 0.1) is 0 Å². The Bertz CT molecular complexity index is 540. The van der Waals surface area contributed by atoms with E-state index in [1.165, 1.54) is 24.3 Å². The fourth-order valence-corrected chi connectivity index (χ4v) is 1.68. The third-order valence-corrected chi connectivity index (χ3v) is 2.70. The highest BCUT2D eigenvalue weighted by Crippen LogP contribution is 2.10. The second-order valence-electron chi connectivity index (χ2n) is 4.28. The maximum Gasteiger partial charge on any atom is 0.321 e. The van der Waals surface area contributed by atoms with Crippen molar-refractivity contribution in [2.45, 2.75) is 6.54 Å². The Hall–Kier alpha value is -2.36. The molecule has 2 aromatic carbocycles. The Morgan fingerprint density at radius 3 is 2.37 bits per heavy atom. The molecule has 0 bridgehead atoms. The number of halogens is 1. The summed E-state index contributed by atoms with van der Waals surface area (Å²) in [5.41, 5.74) is 1.63. The van der Waals surface area contributed by atoms with E-state index < -0.39 is 0 Å². The number of carbonyl (C=O) groups excluding carboxylic acids is 1. The molecule has 98 valence electrons. The normalized spacial score (nSPS) is 10.0. The van der Waals surface area contributed by atoms with E-state index in [9.17, 15) is 9.18 Å². The Morgan fingerprint density at radius 2 is 1.74 bits per heavy atom. The summed E-state index contributed by atoms with van der Waals surface area (Å²) in [5.74, 6) is -0.323. The van der Waals surface area contributed by atoms with E-state index in [2.05, 4.69) is 5.32 Å². The Labute approximate surface area is 111 Å². The van der Waals surface area contributed by atoms with Gasteiger partial charge in [-0.05, 0) is 29.8 Å². The highest BCUT2D eigenvalue weighted by atomic mass is 19.1. The van der Waals surface area contributed by atoms with Gasteiger partial charge in [-0.2, -0.15) is 0 Å². The molecule has 0 atom stereocenters. The van der Waals surface area contributed by atoms with Crippen LogP contribution >= 0.6 is 0 Å². The molecule has 3 nitrogen and oxygen atoms in total. The van der Waals surface area contributed by atoms with Gasteiger partial charge in [0, 0.05) is 19.3 Å². The molecule has 0 saturated heterocycles. The monoisotopic (exact) mass is 258 g/mol. The molecule has 4 heteroatoms. The van der Waals surface area contributed by atoms with Crippen LogP contribution in [0.3, 0.4) is 0 Å². The summed E-state index contributed by atoms with van der Waals surface area (Å²) < 4.78 is 12.7. The van der Waals surface area contributed by atoms with E-state index in [0.717, 1.165) is 5.56 Å². The number of nitrogens with one attached hydrogen (secondary N) is 1. The molecule has 0 saturated carbocycles. The van der Waals surface area contributed by atoms with Gasteiger partial charge in [0.1, 0.15) is 5.82 Å². The lowest BCUT2D eigenvalue weighted by Crippen LogP contribution is -2.30. The van der Waals surface area contributed by atoms with Crippen LogP contribution < -0.4 is 5.32 Å². The summed E-state index contributed by atoms with van der Waals surface area (Å²) in [6.07, 6.45) is 0. The highest BCUT2D eigenvalue weighted by molar-refractivity contribution is 5.89. The van der Waals surface area contributed by atoms with Crippen molar-refractivity contribution < 1.29 is 9.18 Å². The molecule has 0 radical (unpaired) electrons. The lowest BCUT2D eigenvalue weighted by molar-refractivity contribution is 0.220. The lowest BCUT2D eigenvalue weighted by Gasteiger charge is -2.18. The fraction of sp³-hybridized carbons (Fsp3) is 0.133. The summed E-state index contributed by atoms with van der Waals surface area (Å²) in [7, 11) is 1.71. The highest BCUT2D eigenvalue weighted by Gasteiger charge is 2.09. The van der Waals surface area contributed by atoms with Gasteiger partial charge >= 0.3 is 6.03 Å². The fourth-order valence-electron chi connectivity index (χ4n) is 1.68. The van der Waals surface area contributed by atoms with Crippen LogP contribution in [0.15, 0.2) is 54.6 Å². The van der Waals surface area contributed by atoms with Crippen molar-refractivity contribution in [3.63, 3.8) is 0 Å². The van der Waals surface area contributed by atoms with Crippen LogP contribution in [-0.2, 0) is 6.54 Å². The zero-order valence-corrected chi connectivity index (χ0v) is 10.6. The average molecular weight is 258 g/mol. The van der Waals surface area contributed by atoms with E-state index in [1.54, 1.807) is 11.9 Å². The lowest BCUT2D eigenvalue weighted by atomic mass is 10.2. The van der Waals surface area contributed by atoms with Gasteiger partial charge in [-0.1, -0.05) is 30.3 Å². The molecule has 0 aromatic heterocycles. The molecule has 0 aliphatic heterocycles. The van der Waals surface area contributed by atoms with Crippen LogP contribution in [0.5, 0.6) is 0 Å². The predicted octanol–water partition coefficient (Wildman–Crippen LogP) is 3.49. The third kappa shape index (κ3) is 3.81. The molecule has 2 rings (SSSR count). The van der Waals surface area contributed by atoms with Crippen molar-refractivity contribution in [3.8, 4) is 0 Å². The molecule has 2 amide bonds. The smallest absolute Gasteiger partial charge is 0.321 e. The summed E-state index contributed by atoms with van der Waals surface area (Å²) in [4.78, 5) is 13.5. The van der Waals surface area contributed by atoms with Crippen molar-refractivity contribution in [1.29, 1.82) is 0 Å². The molecule has 0 spiro atoms. The molecule has 1 N–H and O–H groups in total. The quantitative estimate of drug-likeness (QED) is 0.898. The first kappa shape index (κ1) is 13.1. The molecule has 0 unspecified atom stereocenters. The molecule has 2 aromatic rings. The van der Waals surface area contributed by atoms with E-state index in [4.69, 9.17) is 0 Å². The summed E-state index contributed by atoms with van der Waals surface area (Å²) in [5, 5.41) is 2.71. The molecule has 19 heavy (non-hydrogen) atoms. The Morgan fingerprint density at radius 1 is 1.11 bits per heavy atom. The molecule has 0 aliphatic rings. The van der Waals surface area contributed by atoms with E-state index in [0.29, 0.717) is 12.2 Å². The van der Waals surface area contributed by atoms with Gasteiger partial charge in [-0.25, -0.2) is 9.18 Å². The van der Waals surface area contributed by atoms with Crippen molar-refractivity contribution in [1.82, 2.24) is 4.90 Å². The number of urea groups is 1. The number of hydrogen-bond donors (Lipinski definition) is 1. The van der Waals surface area contributed by atoms with Gasteiger partial charge < -0.3 is 10.2 Å². The molecular weight excluding hydrogens is 243 g/mol. The number of rotatable bonds is 3. The van der Waals surface area contributed by atoms with Gasteiger partial charge in [-0.15, -0.1) is 0 Å². The number of anilines is 1. The maximum atomic E-state index is 12.7. The number of benzene rings is 2. The summed E-state index contributed by atoms with van der Waals surface area (Å²) >= 11 is 0. The maximum absolute atomic E-state index is 12.7.